The van der Waals surface area contributed by atoms with Crippen molar-refractivity contribution in [2.24, 2.45) is 0 Å². The van der Waals surface area contributed by atoms with Gasteiger partial charge in [-0.2, -0.15) is 0 Å². The Morgan fingerprint density at radius 2 is 1.38 bits per heavy atom. The van der Waals surface area contributed by atoms with E-state index in [4.69, 9.17) is 9.47 Å². The molecule has 4 nitrogen and oxygen atoms in total. The Bertz CT molecular complexity index is 948. The number of nitrogens with one attached hydrogen (secondary N) is 1. The van der Waals surface area contributed by atoms with Gasteiger partial charge in [0, 0.05) is 6.54 Å². The van der Waals surface area contributed by atoms with E-state index >= 15 is 0 Å². The quantitative estimate of drug-likeness (QED) is 0.151. The zero-order valence-corrected chi connectivity index (χ0v) is 20.4. The summed E-state index contributed by atoms with van der Waals surface area (Å²) in [5, 5.41) is 3.04. The van der Waals surface area contributed by atoms with Crippen molar-refractivity contribution < 1.29 is 14.3 Å². The van der Waals surface area contributed by atoms with Crippen molar-refractivity contribution in [1.29, 1.82) is 0 Å². The fourth-order valence-corrected chi connectivity index (χ4v) is 3.79. The van der Waals surface area contributed by atoms with Gasteiger partial charge in [-0.25, -0.2) is 0 Å². The molecule has 32 heavy (non-hydrogen) atoms. The number of alkyl halides is 1. The molecule has 0 bridgehead atoms. The molecule has 0 atom stereocenters. The van der Waals surface area contributed by atoms with Gasteiger partial charge in [-0.1, -0.05) is 96.1 Å². The van der Waals surface area contributed by atoms with Crippen LogP contribution in [-0.2, 0) is 13.2 Å². The smallest absolute Gasteiger partial charge is 0.255 e. The Morgan fingerprint density at radius 1 is 0.750 bits per heavy atom. The van der Waals surface area contributed by atoms with E-state index in [-0.39, 0.29) is 5.91 Å². The number of halogens is 1. The van der Waals surface area contributed by atoms with Crippen molar-refractivity contribution in [2.75, 3.05) is 11.0 Å². The molecule has 0 aliphatic heterocycles. The molecule has 0 fully saturated rings. The lowest BCUT2D eigenvalue weighted by Crippen LogP contribution is -2.25. The molecular weight excluding hydrogens is 513 g/mol. The number of benzene rings is 3. The molecule has 1 N–H and O–H groups in total. The van der Waals surface area contributed by atoms with E-state index in [1.807, 2.05) is 72.8 Å². The molecular formula is C27H30INO3. The van der Waals surface area contributed by atoms with Gasteiger partial charge < -0.3 is 14.8 Å². The highest BCUT2D eigenvalue weighted by atomic mass is 127. The van der Waals surface area contributed by atoms with Gasteiger partial charge in [0.1, 0.15) is 24.7 Å². The molecule has 0 aliphatic carbocycles. The molecule has 0 aromatic heterocycles. The minimum absolute atomic E-state index is 0.132. The van der Waals surface area contributed by atoms with Gasteiger partial charge in [-0.05, 0) is 46.6 Å². The Balaban J connectivity index is 1.66. The van der Waals surface area contributed by atoms with Crippen molar-refractivity contribution in [2.45, 2.75) is 38.9 Å². The zero-order chi connectivity index (χ0) is 22.4. The maximum absolute atomic E-state index is 12.9. The van der Waals surface area contributed by atoms with Gasteiger partial charge in [0.2, 0.25) is 0 Å². The molecule has 168 valence electrons. The first-order valence-electron chi connectivity index (χ1n) is 11.1. The fourth-order valence-electron chi connectivity index (χ4n) is 3.25. The van der Waals surface area contributed by atoms with Crippen molar-refractivity contribution in [3.05, 3.63) is 95.6 Å². The van der Waals surface area contributed by atoms with Crippen molar-refractivity contribution in [1.82, 2.24) is 5.32 Å². The monoisotopic (exact) mass is 543 g/mol. The summed E-state index contributed by atoms with van der Waals surface area (Å²) in [6.45, 7) is 1.51. The normalized spacial score (nSPS) is 10.5. The van der Waals surface area contributed by atoms with E-state index in [0.717, 1.165) is 24.0 Å². The number of amides is 1. The highest BCUT2D eigenvalue weighted by Gasteiger charge is 2.14. The molecule has 3 aromatic rings. The molecule has 1 amide bonds. The molecule has 0 saturated carbocycles. The topological polar surface area (TPSA) is 47.6 Å². The summed E-state index contributed by atoms with van der Waals surface area (Å²) in [5.74, 6) is 1.07. The lowest BCUT2D eigenvalue weighted by Gasteiger charge is -2.14. The van der Waals surface area contributed by atoms with E-state index in [9.17, 15) is 4.79 Å². The Morgan fingerprint density at radius 3 is 2.03 bits per heavy atom. The van der Waals surface area contributed by atoms with Crippen molar-refractivity contribution in [3.8, 4) is 11.5 Å². The predicted octanol–water partition coefficient (Wildman–Crippen LogP) is 6.57. The standard InChI is InChI=1S/C27H30INO3/c28-17-9-1-2-10-18-29-27(30)25-19-24(31-20-22-11-5-3-6-12-22)15-16-26(25)32-21-23-13-7-4-8-14-23/h3-8,11-16,19H,1-2,9-10,17-18,20-21H2,(H,29,30). The number of ether oxygens (including phenoxy) is 2. The molecule has 3 aromatic carbocycles. The van der Waals surface area contributed by atoms with Crippen LogP contribution in [0.3, 0.4) is 0 Å². The molecule has 0 heterocycles. The third kappa shape index (κ3) is 8.19. The third-order valence-corrected chi connectivity index (χ3v) is 5.79. The van der Waals surface area contributed by atoms with E-state index < -0.39 is 0 Å². The Kier molecular flexibility index (Phi) is 10.4. The van der Waals surface area contributed by atoms with Gasteiger partial charge in [-0.15, -0.1) is 0 Å². The average molecular weight is 543 g/mol. The van der Waals surface area contributed by atoms with Crippen LogP contribution in [0.1, 0.15) is 47.2 Å². The summed E-state index contributed by atoms with van der Waals surface area (Å²) >= 11 is 2.40. The molecule has 0 radical (unpaired) electrons. The number of carbonyl (C=O) groups is 1. The molecule has 0 saturated heterocycles. The summed E-state index contributed by atoms with van der Waals surface area (Å²) in [7, 11) is 0. The van der Waals surface area contributed by atoms with Gasteiger partial charge in [0.15, 0.2) is 0 Å². The van der Waals surface area contributed by atoms with Crippen molar-refractivity contribution >= 4 is 28.5 Å². The van der Waals surface area contributed by atoms with Crippen LogP contribution >= 0.6 is 22.6 Å². The van der Waals surface area contributed by atoms with Gasteiger partial charge in [0.25, 0.3) is 5.91 Å². The Hall–Kier alpha value is -2.54. The molecule has 0 spiro atoms. The number of rotatable bonds is 13. The fraction of sp³-hybridized carbons (Fsp3) is 0.296. The highest BCUT2D eigenvalue weighted by Crippen LogP contribution is 2.26. The summed E-state index contributed by atoms with van der Waals surface area (Å²) in [6.07, 6.45) is 4.54. The van der Waals surface area contributed by atoms with Crippen LogP contribution in [0, 0.1) is 0 Å². The average Bonchev–Trinajstić information content (AvgIpc) is 2.85. The third-order valence-electron chi connectivity index (χ3n) is 5.03. The maximum atomic E-state index is 12.9. The van der Waals surface area contributed by atoms with E-state index in [1.165, 1.54) is 17.3 Å². The van der Waals surface area contributed by atoms with Crippen LogP contribution in [0.2, 0.25) is 0 Å². The number of unbranched alkanes of at least 4 members (excludes halogenated alkanes) is 3. The van der Waals surface area contributed by atoms with Crippen molar-refractivity contribution in [3.63, 3.8) is 0 Å². The summed E-state index contributed by atoms with van der Waals surface area (Å²) in [4.78, 5) is 12.9. The predicted molar refractivity (Wildman–Crippen MR) is 138 cm³/mol. The molecule has 3 rings (SSSR count). The Labute approximate surface area is 204 Å². The first kappa shape index (κ1) is 24.1. The van der Waals surface area contributed by atoms with Crippen LogP contribution in [-0.4, -0.2) is 16.9 Å². The van der Waals surface area contributed by atoms with Gasteiger partial charge >= 0.3 is 0 Å². The SMILES string of the molecule is O=C(NCCCCCCI)c1cc(OCc2ccccc2)ccc1OCc1ccccc1. The zero-order valence-electron chi connectivity index (χ0n) is 18.3. The summed E-state index contributed by atoms with van der Waals surface area (Å²) in [5.41, 5.74) is 2.63. The van der Waals surface area contributed by atoms with Crippen LogP contribution in [0.4, 0.5) is 0 Å². The lowest BCUT2D eigenvalue weighted by atomic mass is 10.1. The first-order chi connectivity index (χ1) is 15.8. The maximum Gasteiger partial charge on any atom is 0.255 e. The lowest BCUT2D eigenvalue weighted by molar-refractivity contribution is 0.0948. The van der Waals surface area contributed by atoms with Gasteiger partial charge in [-0.3, -0.25) is 4.79 Å². The first-order valence-corrected chi connectivity index (χ1v) is 12.6. The molecule has 0 aliphatic rings. The van der Waals surface area contributed by atoms with Crippen LogP contribution in [0.25, 0.3) is 0 Å². The van der Waals surface area contributed by atoms with Crippen LogP contribution in [0.5, 0.6) is 11.5 Å². The van der Waals surface area contributed by atoms with Crippen LogP contribution < -0.4 is 14.8 Å². The minimum Gasteiger partial charge on any atom is -0.489 e. The molecule has 0 unspecified atom stereocenters. The molecule has 5 heteroatoms. The second-order valence-electron chi connectivity index (χ2n) is 7.57. The highest BCUT2D eigenvalue weighted by molar-refractivity contribution is 14.1. The second-order valence-corrected chi connectivity index (χ2v) is 8.64. The summed E-state index contributed by atoms with van der Waals surface area (Å²) < 4.78 is 13.1. The van der Waals surface area contributed by atoms with Crippen LogP contribution in [0.15, 0.2) is 78.9 Å². The number of hydrogen-bond acceptors (Lipinski definition) is 3. The van der Waals surface area contributed by atoms with Gasteiger partial charge in [0.05, 0.1) is 5.56 Å². The van der Waals surface area contributed by atoms with E-state index in [2.05, 4.69) is 27.9 Å². The summed E-state index contributed by atoms with van der Waals surface area (Å²) in [6, 6.07) is 25.4. The number of carbonyl (C=O) groups excluding carboxylic acids is 1. The number of hydrogen-bond donors (Lipinski definition) is 1. The largest absolute Gasteiger partial charge is 0.489 e. The van der Waals surface area contributed by atoms with E-state index in [0.29, 0.717) is 36.8 Å². The second kappa shape index (κ2) is 13.8. The van der Waals surface area contributed by atoms with E-state index in [1.54, 1.807) is 6.07 Å². The minimum atomic E-state index is -0.132.